The Morgan fingerprint density at radius 3 is 1.92 bits per heavy atom. The average Bonchev–Trinajstić information content (AvgIpc) is 1.88. The molecule has 0 spiro atoms. The summed E-state index contributed by atoms with van der Waals surface area (Å²) in [7, 11) is 0. The van der Waals surface area contributed by atoms with Gasteiger partial charge in [0.25, 0.3) is 0 Å². The minimum Gasteiger partial charge on any atom is -0.314 e. The second kappa shape index (κ2) is 5.85. The maximum atomic E-state index is 11.8. The Morgan fingerprint density at radius 1 is 1.08 bits per heavy atom. The van der Waals surface area contributed by atoms with E-state index in [-0.39, 0.29) is 31.4 Å². The van der Waals surface area contributed by atoms with Gasteiger partial charge in [-0.05, 0) is 0 Å². The normalized spacial score (nSPS) is 23.8. The highest BCUT2D eigenvalue weighted by Crippen LogP contribution is 2.19. The van der Waals surface area contributed by atoms with Crippen LogP contribution in [-0.4, -0.2) is 31.9 Å². The van der Waals surface area contributed by atoms with E-state index in [1.165, 1.54) is 0 Å². The molecule has 0 amide bonds. The predicted octanol–water partition coefficient (Wildman–Crippen LogP) is 0.954. The maximum Gasteiger partial charge on any atom is 0.405 e. The summed E-state index contributed by atoms with van der Waals surface area (Å²) in [5.41, 5.74) is 0. The molecule has 0 bridgehead atoms. The maximum absolute atomic E-state index is 11.8. The minimum absolute atomic E-state index is 0. The van der Waals surface area contributed by atoms with E-state index in [1.807, 2.05) is 0 Å². The van der Waals surface area contributed by atoms with Crippen LogP contribution in [0.25, 0.3) is 0 Å². The van der Waals surface area contributed by atoms with Crippen molar-refractivity contribution in [1.29, 1.82) is 0 Å². The molecule has 1 atom stereocenters. The van der Waals surface area contributed by atoms with E-state index >= 15 is 0 Å². The smallest absolute Gasteiger partial charge is 0.314 e. The molecule has 1 rings (SSSR count). The first kappa shape index (κ1) is 14.8. The van der Waals surface area contributed by atoms with E-state index in [0.29, 0.717) is 13.1 Å². The Balaban J connectivity index is 0. The number of nitrogens with one attached hydrogen (secondary N) is 2. The van der Waals surface area contributed by atoms with E-state index in [9.17, 15) is 13.2 Å². The molecule has 1 aliphatic heterocycles. The summed E-state index contributed by atoms with van der Waals surface area (Å²) < 4.78 is 35.5. The molecule has 0 aromatic carbocycles. The summed E-state index contributed by atoms with van der Waals surface area (Å²) in [4.78, 5) is 0. The van der Waals surface area contributed by atoms with E-state index in [0.717, 1.165) is 0 Å². The van der Waals surface area contributed by atoms with Gasteiger partial charge in [-0.15, -0.1) is 24.8 Å². The number of hydrogen-bond donors (Lipinski definition) is 2. The molecule has 2 nitrogen and oxygen atoms in total. The van der Waals surface area contributed by atoms with Crippen molar-refractivity contribution in [2.75, 3.05) is 19.6 Å². The molecule has 0 aromatic heterocycles. The van der Waals surface area contributed by atoms with E-state index < -0.39 is 12.2 Å². The standard InChI is InChI=1S/C5H9F3N2.2ClH/c6-5(7,8)4-3-9-1-2-10-4;;/h4,9-10H,1-3H2;2*1H. The minimum atomic E-state index is -4.10. The van der Waals surface area contributed by atoms with Crippen LogP contribution in [0.3, 0.4) is 0 Å². The van der Waals surface area contributed by atoms with Crippen LogP contribution in [0.4, 0.5) is 13.2 Å². The van der Waals surface area contributed by atoms with Gasteiger partial charge in [0.2, 0.25) is 0 Å². The number of halogens is 5. The molecule has 1 aliphatic rings. The van der Waals surface area contributed by atoms with E-state index in [2.05, 4.69) is 10.6 Å². The van der Waals surface area contributed by atoms with Crippen molar-refractivity contribution in [3.63, 3.8) is 0 Å². The zero-order valence-electron chi connectivity index (χ0n) is 6.15. The Labute approximate surface area is 81.1 Å². The highest BCUT2D eigenvalue weighted by molar-refractivity contribution is 5.85. The summed E-state index contributed by atoms with van der Waals surface area (Å²) in [6.07, 6.45) is -4.10. The molecule has 7 heteroatoms. The van der Waals surface area contributed by atoms with Gasteiger partial charge in [-0.1, -0.05) is 0 Å². The van der Waals surface area contributed by atoms with Crippen molar-refractivity contribution >= 4 is 24.8 Å². The van der Waals surface area contributed by atoms with Crippen molar-refractivity contribution in [2.24, 2.45) is 0 Å². The fraction of sp³-hybridized carbons (Fsp3) is 1.00. The number of alkyl halides is 3. The van der Waals surface area contributed by atoms with Gasteiger partial charge in [-0.25, -0.2) is 0 Å². The molecule has 12 heavy (non-hydrogen) atoms. The van der Waals surface area contributed by atoms with Crippen molar-refractivity contribution in [3.05, 3.63) is 0 Å². The van der Waals surface area contributed by atoms with Crippen LogP contribution in [0, 0.1) is 0 Å². The molecule has 1 saturated heterocycles. The lowest BCUT2D eigenvalue weighted by Crippen LogP contribution is -2.55. The van der Waals surface area contributed by atoms with Crippen LogP contribution in [0.15, 0.2) is 0 Å². The first-order valence-corrected chi connectivity index (χ1v) is 3.11. The van der Waals surface area contributed by atoms with Crippen molar-refractivity contribution in [3.8, 4) is 0 Å². The van der Waals surface area contributed by atoms with Gasteiger partial charge in [0, 0.05) is 19.6 Å². The van der Waals surface area contributed by atoms with Crippen LogP contribution < -0.4 is 10.6 Å². The molecule has 76 valence electrons. The van der Waals surface area contributed by atoms with Gasteiger partial charge in [0.05, 0.1) is 0 Å². The average molecular weight is 227 g/mol. The lowest BCUT2D eigenvalue weighted by atomic mass is 10.2. The quantitative estimate of drug-likeness (QED) is 0.643. The lowest BCUT2D eigenvalue weighted by Gasteiger charge is -2.26. The summed E-state index contributed by atoms with van der Waals surface area (Å²) in [6, 6.07) is -1.36. The van der Waals surface area contributed by atoms with Crippen LogP contribution in [-0.2, 0) is 0 Å². The fourth-order valence-electron chi connectivity index (χ4n) is 0.885. The summed E-state index contributed by atoms with van der Waals surface area (Å²) in [6.45, 7) is 1.00. The van der Waals surface area contributed by atoms with E-state index in [4.69, 9.17) is 0 Å². The van der Waals surface area contributed by atoms with Gasteiger partial charge in [-0.3, -0.25) is 0 Å². The monoisotopic (exact) mass is 226 g/mol. The SMILES string of the molecule is Cl.Cl.FC(F)(F)C1CNCCN1. The molecule has 0 saturated carbocycles. The summed E-state index contributed by atoms with van der Waals surface area (Å²) in [5.74, 6) is 0. The predicted molar refractivity (Wildman–Crippen MR) is 45.2 cm³/mol. The summed E-state index contributed by atoms with van der Waals surface area (Å²) >= 11 is 0. The van der Waals surface area contributed by atoms with E-state index in [1.54, 1.807) is 0 Å². The first-order valence-electron chi connectivity index (χ1n) is 3.11. The third-order valence-corrected chi connectivity index (χ3v) is 1.44. The molecule has 1 heterocycles. The highest BCUT2D eigenvalue weighted by Gasteiger charge is 2.39. The van der Waals surface area contributed by atoms with Gasteiger partial charge in [-0.2, -0.15) is 13.2 Å². The van der Waals surface area contributed by atoms with Crippen molar-refractivity contribution < 1.29 is 13.2 Å². The topological polar surface area (TPSA) is 24.1 Å². The number of rotatable bonds is 0. The highest BCUT2D eigenvalue weighted by atomic mass is 35.5. The lowest BCUT2D eigenvalue weighted by molar-refractivity contribution is -0.156. The van der Waals surface area contributed by atoms with Crippen LogP contribution in [0.1, 0.15) is 0 Å². The molecular weight excluding hydrogens is 216 g/mol. The zero-order chi connectivity index (χ0) is 7.61. The third kappa shape index (κ3) is 4.35. The Kier molecular flexibility index (Phi) is 7.22. The van der Waals surface area contributed by atoms with Gasteiger partial charge in [0.15, 0.2) is 0 Å². The Morgan fingerprint density at radius 2 is 1.67 bits per heavy atom. The van der Waals surface area contributed by atoms with Gasteiger partial charge >= 0.3 is 6.18 Å². The molecule has 2 N–H and O–H groups in total. The van der Waals surface area contributed by atoms with Crippen LogP contribution >= 0.6 is 24.8 Å². The molecule has 0 aromatic rings. The number of piperazine rings is 1. The van der Waals surface area contributed by atoms with Crippen molar-refractivity contribution in [2.45, 2.75) is 12.2 Å². The Bertz CT molecular complexity index is 114. The second-order valence-corrected chi connectivity index (χ2v) is 2.25. The fourth-order valence-corrected chi connectivity index (χ4v) is 0.885. The summed E-state index contributed by atoms with van der Waals surface area (Å²) in [5, 5.41) is 5.03. The molecule has 0 radical (unpaired) electrons. The zero-order valence-corrected chi connectivity index (χ0v) is 7.78. The molecule has 0 aliphatic carbocycles. The molecular formula is C5H11Cl2F3N2. The molecule has 1 fully saturated rings. The third-order valence-electron chi connectivity index (χ3n) is 1.44. The Hall–Kier alpha value is 0.290. The number of hydrogen-bond acceptors (Lipinski definition) is 2. The van der Waals surface area contributed by atoms with Crippen LogP contribution in [0.5, 0.6) is 0 Å². The van der Waals surface area contributed by atoms with Crippen LogP contribution in [0.2, 0.25) is 0 Å². The second-order valence-electron chi connectivity index (χ2n) is 2.25. The van der Waals surface area contributed by atoms with Crippen molar-refractivity contribution in [1.82, 2.24) is 10.6 Å². The largest absolute Gasteiger partial charge is 0.405 e. The van der Waals surface area contributed by atoms with Gasteiger partial charge < -0.3 is 10.6 Å². The first-order chi connectivity index (χ1) is 4.61. The van der Waals surface area contributed by atoms with Gasteiger partial charge in [0.1, 0.15) is 6.04 Å². The molecule has 1 unspecified atom stereocenters.